The van der Waals surface area contributed by atoms with Gasteiger partial charge in [0, 0.05) is 63.5 Å². The summed E-state index contributed by atoms with van der Waals surface area (Å²) in [5.74, 6) is 1.52. The van der Waals surface area contributed by atoms with Crippen molar-refractivity contribution < 1.29 is 0 Å². The van der Waals surface area contributed by atoms with Crippen molar-refractivity contribution in [2.75, 3.05) is 0 Å². The second-order valence-electron chi connectivity index (χ2n) is 15.5. The van der Waals surface area contributed by atoms with Crippen LogP contribution < -0.4 is 0 Å². The van der Waals surface area contributed by atoms with Gasteiger partial charge in [-0.25, -0.2) is 20.0 Å². The SMILES string of the molecule is CC1(C)c2ccccc2-c2ccc(-c3nc(-c4ccc5sc6cccc(C7=NC(c8ccccc8)=NC(c8ccccc8)=I7)c6c5c4)c4sc5ccccc5c4n3)cc21. The lowest BCUT2D eigenvalue weighted by Crippen LogP contribution is -2.15. The van der Waals surface area contributed by atoms with Crippen LogP contribution >= 0.6 is 43.4 Å². The van der Waals surface area contributed by atoms with E-state index < -0.39 is 20.7 Å². The molecule has 0 radical (unpaired) electrons. The largest absolute Gasteiger partial charge is 0.226 e. The molecular weight excluding hydrogens is 872 g/mol. The van der Waals surface area contributed by atoms with E-state index >= 15 is 0 Å². The first kappa shape index (κ1) is 35.0. The Morgan fingerprint density at radius 1 is 0.492 bits per heavy atom. The maximum absolute atomic E-state index is 5.49. The molecule has 0 amide bonds. The second-order valence-corrected chi connectivity index (χ2v) is 20.3. The third kappa shape index (κ3) is 5.63. The van der Waals surface area contributed by atoms with Crippen molar-refractivity contribution in [3.05, 3.63) is 192 Å². The van der Waals surface area contributed by atoms with E-state index in [0.29, 0.717) is 0 Å². The molecular formula is C52H33IN4S2. The van der Waals surface area contributed by atoms with Gasteiger partial charge in [0.1, 0.15) is 7.35 Å². The highest BCUT2D eigenvalue weighted by atomic mass is 127. The lowest BCUT2D eigenvalue weighted by molar-refractivity contribution is 0.660. The predicted molar refractivity (Wildman–Crippen MR) is 260 cm³/mol. The summed E-state index contributed by atoms with van der Waals surface area (Å²) >= 11 is 2.94. The zero-order valence-corrected chi connectivity index (χ0v) is 35.9. The van der Waals surface area contributed by atoms with E-state index in [4.69, 9.17) is 20.0 Å². The molecule has 10 aromatic rings. The van der Waals surface area contributed by atoms with Gasteiger partial charge in [-0.2, -0.15) is 0 Å². The lowest BCUT2D eigenvalue weighted by Gasteiger charge is -2.21. The Balaban J connectivity index is 1.06. The highest BCUT2D eigenvalue weighted by molar-refractivity contribution is 14.2. The van der Waals surface area contributed by atoms with Crippen molar-refractivity contribution in [2.24, 2.45) is 9.98 Å². The van der Waals surface area contributed by atoms with Gasteiger partial charge in [0.25, 0.3) is 0 Å². The average molecular weight is 905 g/mol. The number of halogens is 1. The first-order chi connectivity index (χ1) is 29.0. The highest BCUT2D eigenvalue weighted by Gasteiger charge is 2.35. The van der Waals surface area contributed by atoms with Crippen LogP contribution in [0, 0.1) is 0 Å². The molecule has 0 fully saturated rings. The van der Waals surface area contributed by atoms with E-state index in [2.05, 4.69) is 172 Å². The molecule has 7 aromatic carbocycles. The topological polar surface area (TPSA) is 50.5 Å². The fourth-order valence-electron chi connectivity index (χ4n) is 8.77. The number of hydrogen-bond donors (Lipinski definition) is 0. The van der Waals surface area contributed by atoms with E-state index in [1.165, 1.54) is 52.7 Å². The van der Waals surface area contributed by atoms with Gasteiger partial charge in [0.15, 0.2) is 11.7 Å². The first-order valence-electron chi connectivity index (χ1n) is 19.7. The highest BCUT2D eigenvalue weighted by Crippen LogP contribution is 2.50. The van der Waals surface area contributed by atoms with E-state index in [9.17, 15) is 0 Å². The number of amidine groups is 1. The maximum Gasteiger partial charge on any atom is 0.161 e. The van der Waals surface area contributed by atoms with Crippen molar-refractivity contribution >= 4 is 97.1 Å². The number of hydrogen-bond acceptors (Lipinski definition) is 6. The summed E-state index contributed by atoms with van der Waals surface area (Å²) < 4.78 is 7.08. The molecule has 0 N–H and O–H groups in total. The Morgan fingerprint density at radius 2 is 1.19 bits per heavy atom. The van der Waals surface area contributed by atoms with Crippen LogP contribution in [0.3, 0.4) is 0 Å². The zero-order valence-electron chi connectivity index (χ0n) is 32.1. The van der Waals surface area contributed by atoms with Gasteiger partial charge in [-0.05, 0) is 73.3 Å². The summed E-state index contributed by atoms with van der Waals surface area (Å²) in [5, 5.41) is 3.63. The Bertz CT molecular complexity index is 3430. The number of rotatable bonds is 5. The molecule has 4 nitrogen and oxygen atoms in total. The van der Waals surface area contributed by atoms with Crippen molar-refractivity contribution in [3.8, 4) is 33.8 Å². The van der Waals surface area contributed by atoms with Crippen LogP contribution in [-0.4, -0.2) is 23.2 Å². The van der Waals surface area contributed by atoms with Crippen LogP contribution in [0.25, 0.3) is 74.2 Å². The molecule has 280 valence electrons. The number of thiophene rings is 2. The smallest absolute Gasteiger partial charge is 0.161 e. The summed E-state index contributed by atoms with van der Waals surface area (Å²) in [6.45, 7) is 4.66. The molecule has 7 heteroatoms. The minimum atomic E-state index is -0.685. The molecule has 0 saturated carbocycles. The number of aliphatic imine (C=N–C) groups is 2. The molecule has 3 aromatic heterocycles. The molecule has 0 unspecified atom stereocenters. The molecule has 12 rings (SSSR count). The van der Waals surface area contributed by atoms with Crippen LogP contribution in [0.4, 0.5) is 0 Å². The van der Waals surface area contributed by atoms with Crippen LogP contribution in [0.1, 0.15) is 41.7 Å². The quantitative estimate of drug-likeness (QED) is 0.162. The van der Waals surface area contributed by atoms with Crippen molar-refractivity contribution in [2.45, 2.75) is 19.3 Å². The monoisotopic (exact) mass is 904 g/mol. The average Bonchev–Trinajstić information content (AvgIpc) is 3.94. The molecule has 0 saturated heterocycles. The standard InChI is InChI=1S/C52H33IN4S2/c1-52(2)39-21-11-9-18-34(39)35-26-24-33(29-40(35)52)51-54-45(47-46(55-51)36-19-10-12-22-41(36)59-47)32-25-27-42-38(28-32)44-37(20-13-23-43(44)58-42)49-53-48(30-14-5-3-6-15-30)56-50(57-49)31-16-7-4-8-17-31/h3-29H,1-2H3. The number of benzene rings is 7. The summed E-state index contributed by atoms with van der Waals surface area (Å²) in [4.78, 5) is 21.4. The molecule has 0 bridgehead atoms. The third-order valence-electron chi connectivity index (χ3n) is 11.7. The van der Waals surface area contributed by atoms with E-state index in [1.807, 2.05) is 17.4 Å². The Hall–Kier alpha value is -6.00. The van der Waals surface area contributed by atoms with Crippen molar-refractivity contribution in [1.29, 1.82) is 0 Å². The maximum atomic E-state index is 5.49. The molecule has 1 aliphatic carbocycles. The minimum absolute atomic E-state index is 0.120. The Morgan fingerprint density at radius 3 is 2.05 bits per heavy atom. The van der Waals surface area contributed by atoms with Gasteiger partial charge in [-0.15, -0.1) is 22.7 Å². The van der Waals surface area contributed by atoms with Gasteiger partial charge in [-0.3, -0.25) is 0 Å². The first-order valence-corrected chi connectivity index (χ1v) is 23.5. The Kier molecular flexibility index (Phi) is 8.02. The number of aromatic nitrogens is 2. The summed E-state index contributed by atoms with van der Waals surface area (Å²) in [5.41, 5.74) is 12.6. The van der Waals surface area contributed by atoms with Crippen LogP contribution in [0.2, 0.25) is 0 Å². The van der Waals surface area contributed by atoms with Crippen LogP contribution in [-0.2, 0) is 5.41 Å². The number of fused-ring (bicyclic) bond motifs is 9. The van der Waals surface area contributed by atoms with Crippen molar-refractivity contribution in [3.63, 3.8) is 0 Å². The van der Waals surface area contributed by atoms with Crippen LogP contribution in [0.15, 0.2) is 174 Å². The fourth-order valence-corrected chi connectivity index (χ4v) is 13.6. The molecule has 2 aliphatic rings. The summed E-state index contributed by atoms with van der Waals surface area (Å²) in [6.07, 6.45) is 0. The summed E-state index contributed by atoms with van der Waals surface area (Å²) in [7, 11) is 0. The minimum Gasteiger partial charge on any atom is -0.226 e. The summed E-state index contributed by atoms with van der Waals surface area (Å²) in [6, 6.07) is 58.8. The molecule has 59 heavy (non-hydrogen) atoms. The van der Waals surface area contributed by atoms with Gasteiger partial charge in [0.2, 0.25) is 0 Å². The van der Waals surface area contributed by atoms with Crippen LogP contribution in [0.5, 0.6) is 0 Å². The van der Waals surface area contributed by atoms with Gasteiger partial charge in [-0.1, -0.05) is 147 Å². The normalized spacial score (nSPS) is 14.5. The van der Waals surface area contributed by atoms with Gasteiger partial charge in [0.05, 0.1) is 15.9 Å². The zero-order chi connectivity index (χ0) is 39.2. The predicted octanol–water partition coefficient (Wildman–Crippen LogP) is 14.2. The third-order valence-corrected chi connectivity index (χ3v) is 16.7. The molecule has 0 spiro atoms. The van der Waals surface area contributed by atoms with E-state index in [-0.39, 0.29) is 5.41 Å². The second kappa shape index (κ2) is 13.5. The molecule has 4 heterocycles. The molecule has 1 aliphatic heterocycles. The van der Waals surface area contributed by atoms with Gasteiger partial charge < -0.3 is 0 Å². The number of nitrogens with zero attached hydrogens (tertiary/aromatic N) is 4. The van der Waals surface area contributed by atoms with E-state index in [0.717, 1.165) is 62.6 Å². The Labute approximate surface area is 359 Å². The fraction of sp³-hybridized carbons (Fsp3) is 0.0577. The van der Waals surface area contributed by atoms with E-state index in [1.54, 1.807) is 11.3 Å². The van der Waals surface area contributed by atoms with Gasteiger partial charge >= 0.3 is 0 Å². The lowest BCUT2D eigenvalue weighted by atomic mass is 9.82. The van der Waals surface area contributed by atoms with Crippen molar-refractivity contribution in [1.82, 2.24) is 9.97 Å². The molecule has 0 atom stereocenters.